The number of hydroxylamine groups is 2. The zero-order valence-corrected chi connectivity index (χ0v) is 19.6. The normalized spacial score (nSPS) is 18.1. The van der Waals surface area contributed by atoms with Crippen molar-refractivity contribution in [2.45, 2.75) is 18.6 Å². The molecule has 2 aromatic rings. The van der Waals surface area contributed by atoms with E-state index in [0.717, 1.165) is 16.4 Å². The van der Waals surface area contributed by atoms with E-state index in [2.05, 4.69) is 20.8 Å². The van der Waals surface area contributed by atoms with Gasteiger partial charge in [0.05, 0.1) is 6.54 Å². The van der Waals surface area contributed by atoms with E-state index in [4.69, 9.17) is 21.3 Å². The molecule has 1 aliphatic heterocycles. The summed E-state index contributed by atoms with van der Waals surface area (Å²) in [5, 5.41) is 20.7. The monoisotopic (exact) mass is 533 g/mol. The molecule has 1 unspecified atom stereocenters. The summed E-state index contributed by atoms with van der Waals surface area (Å²) in [5.41, 5.74) is -1.15. The van der Waals surface area contributed by atoms with E-state index in [1.807, 2.05) is 0 Å². The molecule has 2 atom stereocenters. The van der Waals surface area contributed by atoms with Crippen LogP contribution in [0.5, 0.6) is 0 Å². The van der Waals surface area contributed by atoms with Gasteiger partial charge in [-0.15, -0.1) is 22.9 Å². The van der Waals surface area contributed by atoms with Gasteiger partial charge >= 0.3 is 35.5 Å². The van der Waals surface area contributed by atoms with E-state index in [0.29, 0.717) is 5.56 Å². The predicted octanol–water partition coefficient (Wildman–Crippen LogP) is 0.497. The Balaban J connectivity index is 0.00000432. The third kappa shape index (κ3) is 6.78. The molecule has 35 heavy (non-hydrogen) atoms. The average molecular weight is 534 g/mol. The van der Waals surface area contributed by atoms with Crippen LogP contribution in [-0.4, -0.2) is 99.2 Å². The minimum atomic E-state index is -1.40. The zero-order chi connectivity index (χ0) is 24.9. The number of carboxylic acids is 1. The van der Waals surface area contributed by atoms with Crippen LogP contribution in [0.15, 0.2) is 40.9 Å². The van der Waals surface area contributed by atoms with Gasteiger partial charge in [-0.2, -0.15) is 0 Å². The number of carbonyl (C=O) groups excluding carboxylic acids is 3. The number of aliphatic carboxylic acids is 1. The van der Waals surface area contributed by atoms with Crippen LogP contribution < -0.4 is 10.6 Å². The van der Waals surface area contributed by atoms with Crippen molar-refractivity contribution in [2.75, 3.05) is 24.9 Å². The van der Waals surface area contributed by atoms with E-state index in [9.17, 15) is 24.3 Å². The maximum absolute atomic E-state index is 12.9. The molecule has 2 heterocycles. The topological polar surface area (TPSA) is 160 Å². The van der Waals surface area contributed by atoms with Gasteiger partial charge in [-0.1, -0.05) is 35.5 Å². The van der Waals surface area contributed by atoms with Gasteiger partial charge in [0.1, 0.15) is 24.2 Å². The summed E-state index contributed by atoms with van der Waals surface area (Å²) in [4.78, 5) is 62.9. The van der Waals surface area contributed by atoms with E-state index in [1.54, 1.807) is 30.3 Å². The van der Waals surface area contributed by atoms with E-state index >= 15 is 0 Å². The number of carbonyl (C=O) groups is 4. The molecule has 1 fully saturated rings. The third-order valence-corrected chi connectivity index (χ3v) is 5.62. The van der Waals surface area contributed by atoms with Crippen LogP contribution in [0, 0.1) is 0 Å². The van der Waals surface area contributed by atoms with Crippen molar-refractivity contribution in [3.05, 3.63) is 47.0 Å². The quantitative estimate of drug-likeness (QED) is 0.131. The first-order valence-electron chi connectivity index (χ1n) is 9.70. The molecule has 0 radical (unpaired) electrons. The third-order valence-electron chi connectivity index (χ3n) is 4.62. The molecule has 0 bridgehead atoms. The molecule has 182 valence electrons. The van der Waals surface area contributed by atoms with Gasteiger partial charge < -0.3 is 20.6 Å². The Kier molecular flexibility index (Phi) is 10.2. The first-order valence-corrected chi connectivity index (χ1v) is 11.1. The second kappa shape index (κ2) is 12.4. The van der Waals surface area contributed by atoms with Crippen LogP contribution in [0.1, 0.15) is 24.3 Å². The average Bonchev–Trinajstić information content (AvgIpc) is 3.27. The van der Waals surface area contributed by atoms with Gasteiger partial charge in [-0.3, -0.25) is 19.2 Å². The first-order chi connectivity index (χ1) is 16.2. The number of β-lactam (4-membered cyclic amide) rings is 1. The van der Waals surface area contributed by atoms with Crippen molar-refractivity contribution in [3.63, 3.8) is 0 Å². The number of halogens is 1. The van der Waals surface area contributed by atoms with Crippen LogP contribution in [0.3, 0.4) is 0 Å². The molecule has 3 N–H and O–H groups in total. The van der Waals surface area contributed by atoms with Gasteiger partial charge in [-0.05, 0) is 12.5 Å². The fraction of sp³-hybridized carbons (Fsp3) is 0.300. The van der Waals surface area contributed by atoms with Gasteiger partial charge in [0.25, 0.3) is 11.8 Å². The van der Waals surface area contributed by atoms with Crippen molar-refractivity contribution >= 4 is 87.0 Å². The molecule has 3 amide bonds. The zero-order valence-electron chi connectivity index (χ0n) is 18.0. The number of aromatic nitrogens is 1. The van der Waals surface area contributed by atoms with Crippen molar-refractivity contribution in [3.8, 4) is 0 Å². The number of hydrogen-bond acceptors (Lipinski definition) is 9. The molecule has 0 aliphatic carbocycles. The number of oxime groups is 1. The number of rotatable bonds is 10. The van der Waals surface area contributed by atoms with Crippen LogP contribution in [-0.2, 0) is 28.9 Å². The summed E-state index contributed by atoms with van der Waals surface area (Å²) in [6.45, 7) is 1.35. The van der Waals surface area contributed by atoms with Gasteiger partial charge in [0.15, 0.2) is 10.8 Å². The minimum absolute atomic E-state index is 0. The Morgan fingerprint density at radius 1 is 1.34 bits per heavy atom. The fourth-order valence-electron chi connectivity index (χ4n) is 2.99. The van der Waals surface area contributed by atoms with Crippen LogP contribution in [0.2, 0.25) is 0 Å². The molecule has 1 saturated heterocycles. The molecule has 1 aromatic heterocycles. The van der Waals surface area contributed by atoms with Crippen molar-refractivity contribution in [2.24, 2.45) is 5.16 Å². The number of hydrogen-bond donors (Lipinski definition) is 3. The molecule has 0 saturated carbocycles. The number of benzene rings is 1. The van der Waals surface area contributed by atoms with Crippen LogP contribution in [0.25, 0.3) is 0 Å². The van der Waals surface area contributed by atoms with E-state index in [1.165, 1.54) is 19.4 Å². The van der Waals surface area contributed by atoms with Crippen molar-refractivity contribution in [1.82, 2.24) is 15.4 Å². The van der Waals surface area contributed by atoms with Crippen molar-refractivity contribution in [1.29, 1.82) is 0 Å². The predicted molar refractivity (Wildman–Crippen MR) is 128 cm³/mol. The summed E-state index contributed by atoms with van der Waals surface area (Å²) in [5.74, 6) is -3.42. The number of carboxylic acid groups (broad SMARTS) is 1. The Morgan fingerprint density at radius 2 is 2.03 bits per heavy atom. The van der Waals surface area contributed by atoms with Gasteiger partial charge in [0, 0.05) is 5.38 Å². The molecule has 15 heteroatoms. The fourth-order valence-corrected chi connectivity index (χ4v) is 3.77. The van der Waals surface area contributed by atoms with E-state index in [-0.39, 0.29) is 58.5 Å². The number of anilines is 1. The molecular weight excluding hydrogens is 513 g/mol. The second-order valence-electron chi connectivity index (χ2n) is 7.20. The Bertz CT molecular complexity index is 1130. The number of alkyl halides is 1. The number of thiazole rings is 1. The SMILES string of the molecule is CON=C(C(=O)N[C@@]1(C)CN(OC(C(=O)O)c2ccccc2)C1=O)c1csc(NC(=O)CCl)n1.[NaH]. The number of nitrogens with zero attached hydrogens (tertiary/aromatic N) is 3. The molecule has 1 aromatic carbocycles. The Morgan fingerprint density at radius 3 is 2.60 bits per heavy atom. The maximum atomic E-state index is 12.9. The summed E-state index contributed by atoms with van der Waals surface area (Å²) in [7, 11) is 1.23. The van der Waals surface area contributed by atoms with Crippen LogP contribution >= 0.6 is 22.9 Å². The standard InChI is InChI=1S/C20H20ClN5O7S.Na.H/c1-20(10-26(18(20)31)33-15(17(29)30)11-6-4-3-5-7-11)24-16(28)14(25-32-2)12-9-34-19(22-12)23-13(27)8-21;;/h3-7,9,15H,8,10H2,1-2H3,(H,24,28)(H,29,30)(H,22,23,27);;/t15?,20-;;/m0../s1. The Labute approximate surface area is 230 Å². The molecule has 1 aliphatic rings. The summed E-state index contributed by atoms with van der Waals surface area (Å²) < 4.78 is 0. The first kappa shape index (κ1) is 28.7. The number of nitrogens with one attached hydrogen (secondary N) is 2. The van der Waals surface area contributed by atoms with Gasteiger partial charge in [-0.25, -0.2) is 14.8 Å². The van der Waals surface area contributed by atoms with Crippen LogP contribution in [0.4, 0.5) is 5.13 Å². The van der Waals surface area contributed by atoms with Crippen molar-refractivity contribution < 1.29 is 34.0 Å². The molecular formula is C20H21ClN5NaO7S. The second-order valence-corrected chi connectivity index (χ2v) is 8.33. The summed E-state index contributed by atoms with van der Waals surface area (Å²) >= 11 is 6.50. The summed E-state index contributed by atoms with van der Waals surface area (Å²) in [6, 6.07) is 8.15. The molecule has 12 nitrogen and oxygen atoms in total. The Hall–Kier alpha value is -2.55. The van der Waals surface area contributed by atoms with E-state index < -0.39 is 35.3 Å². The van der Waals surface area contributed by atoms with Gasteiger partial charge in [0.2, 0.25) is 12.0 Å². The molecule has 0 spiro atoms. The molecule has 3 rings (SSSR count). The number of amides is 3. The summed E-state index contributed by atoms with van der Waals surface area (Å²) in [6.07, 6.45) is -1.40.